The summed E-state index contributed by atoms with van der Waals surface area (Å²) >= 11 is 0. The second kappa shape index (κ2) is 3.52. The molecule has 3 heteroatoms. The van der Waals surface area contributed by atoms with Crippen molar-refractivity contribution in [2.75, 3.05) is 5.73 Å². The molecule has 1 rings (SSSR count). The highest BCUT2D eigenvalue weighted by molar-refractivity contribution is 5.40. The van der Waals surface area contributed by atoms with E-state index in [1.165, 1.54) is 0 Å². The first-order valence-electron chi connectivity index (χ1n) is 4.17. The maximum Gasteiger partial charge on any atom is 0.125 e. The van der Waals surface area contributed by atoms with Crippen molar-refractivity contribution < 1.29 is 0 Å². The van der Waals surface area contributed by atoms with Crippen LogP contribution in [0.5, 0.6) is 0 Å². The molecule has 0 bridgehead atoms. The molecule has 0 aliphatic rings. The van der Waals surface area contributed by atoms with E-state index >= 15 is 0 Å². The molecule has 0 aromatic carbocycles. The summed E-state index contributed by atoms with van der Waals surface area (Å²) < 4.78 is 0. The van der Waals surface area contributed by atoms with Gasteiger partial charge in [-0.1, -0.05) is 13.8 Å². The Hall–Kier alpha value is -1.12. The second-order valence-electron chi connectivity index (χ2n) is 3.42. The number of aromatic nitrogens is 2. The summed E-state index contributed by atoms with van der Waals surface area (Å²) in [5.74, 6) is 1.38. The fourth-order valence-electron chi connectivity index (χ4n) is 1.08. The molecule has 0 amide bonds. The van der Waals surface area contributed by atoms with Crippen molar-refractivity contribution in [3.05, 3.63) is 17.7 Å². The van der Waals surface area contributed by atoms with Gasteiger partial charge in [-0.3, -0.25) is 0 Å². The van der Waals surface area contributed by atoms with Crippen LogP contribution in [0.3, 0.4) is 0 Å². The van der Waals surface area contributed by atoms with Crippen LogP contribution in [-0.2, 0) is 6.42 Å². The predicted molar refractivity (Wildman–Crippen MR) is 49.7 cm³/mol. The Morgan fingerprint density at radius 2 is 2.17 bits per heavy atom. The van der Waals surface area contributed by atoms with Crippen LogP contribution >= 0.6 is 0 Å². The second-order valence-corrected chi connectivity index (χ2v) is 3.42. The van der Waals surface area contributed by atoms with Crippen LogP contribution in [0.25, 0.3) is 0 Å². The zero-order chi connectivity index (χ0) is 9.14. The van der Waals surface area contributed by atoms with Crippen LogP contribution in [0.2, 0.25) is 0 Å². The molecule has 12 heavy (non-hydrogen) atoms. The Bertz CT molecular complexity index is 268. The van der Waals surface area contributed by atoms with Crippen molar-refractivity contribution >= 4 is 5.69 Å². The number of nitrogen functional groups attached to an aromatic ring is 1. The molecule has 1 heterocycles. The van der Waals surface area contributed by atoms with Crippen molar-refractivity contribution in [2.45, 2.75) is 27.2 Å². The third kappa shape index (κ3) is 2.19. The SMILES string of the molecule is Cc1ncc(N)c(CC(C)C)n1. The Morgan fingerprint density at radius 3 is 2.75 bits per heavy atom. The molecule has 0 spiro atoms. The minimum absolute atomic E-state index is 0.585. The molecule has 0 atom stereocenters. The third-order valence-electron chi connectivity index (χ3n) is 1.62. The zero-order valence-corrected chi connectivity index (χ0v) is 7.83. The molecule has 3 nitrogen and oxygen atoms in total. The summed E-state index contributed by atoms with van der Waals surface area (Å²) in [6.45, 7) is 6.18. The largest absolute Gasteiger partial charge is 0.396 e. The van der Waals surface area contributed by atoms with E-state index in [0.717, 1.165) is 17.9 Å². The van der Waals surface area contributed by atoms with E-state index < -0.39 is 0 Å². The van der Waals surface area contributed by atoms with E-state index in [1.807, 2.05) is 6.92 Å². The van der Waals surface area contributed by atoms with Crippen LogP contribution < -0.4 is 5.73 Å². The van der Waals surface area contributed by atoms with Gasteiger partial charge in [0.1, 0.15) is 5.82 Å². The molecule has 0 unspecified atom stereocenters. The molecule has 1 aromatic rings. The van der Waals surface area contributed by atoms with Gasteiger partial charge in [-0.25, -0.2) is 9.97 Å². The van der Waals surface area contributed by atoms with Crippen LogP contribution in [0, 0.1) is 12.8 Å². The first kappa shape index (κ1) is 8.97. The van der Waals surface area contributed by atoms with E-state index in [4.69, 9.17) is 5.73 Å². The van der Waals surface area contributed by atoms with Crippen LogP contribution in [0.15, 0.2) is 6.20 Å². The molecule has 0 radical (unpaired) electrons. The number of rotatable bonds is 2. The minimum atomic E-state index is 0.585. The van der Waals surface area contributed by atoms with Crippen LogP contribution in [0.4, 0.5) is 5.69 Å². The molecular weight excluding hydrogens is 150 g/mol. The molecule has 0 aliphatic carbocycles. The van der Waals surface area contributed by atoms with Gasteiger partial charge in [0.25, 0.3) is 0 Å². The molecule has 1 aromatic heterocycles. The van der Waals surface area contributed by atoms with Gasteiger partial charge < -0.3 is 5.73 Å². The number of anilines is 1. The Balaban J connectivity index is 2.90. The summed E-state index contributed by atoms with van der Waals surface area (Å²) in [7, 11) is 0. The highest BCUT2D eigenvalue weighted by Gasteiger charge is 2.04. The van der Waals surface area contributed by atoms with Gasteiger partial charge in [-0.05, 0) is 19.3 Å². The lowest BCUT2D eigenvalue weighted by Gasteiger charge is -2.06. The summed E-state index contributed by atoms with van der Waals surface area (Å²) in [5, 5.41) is 0. The van der Waals surface area contributed by atoms with Crippen molar-refractivity contribution in [3.8, 4) is 0 Å². The average Bonchev–Trinajstić information content (AvgIpc) is 1.96. The van der Waals surface area contributed by atoms with Gasteiger partial charge in [-0.2, -0.15) is 0 Å². The van der Waals surface area contributed by atoms with E-state index in [0.29, 0.717) is 11.6 Å². The van der Waals surface area contributed by atoms with Gasteiger partial charge in [0.2, 0.25) is 0 Å². The van der Waals surface area contributed by atoms with Crippen LogP contribution in [0.1, 0.15) is 25.4 Å². The van der Waals surface area contributed by atoms with Crippen molar-refractivity contribution in [2.24, 2.45) is 5.92 Å². The molecule has 0 aliphatic heterocycles. The number of aryl methyl sites for hydroxylation is 1. The Kier molecular flexibility index (Phi) is 2.63. The Labute approximate surface area is 73.0 Å². The predicted octanol–water partition coefficient (Wildman–Crippen LogP) is 1.57. The maximum absolute atomic E-state index is 5.71. The number of nitrogens with zero attached hydrogens (tertiary/aromatic N) is 2. The molecule has 66 valence electrons. The number of hydrogen-bond donors (Lipinski definition) is 1. The lowest BCUT2D eigenvalue weighted by molar-refractivity contribution is 0.633. The van der Waals surface area contributed by atoms with Crippen molar-refractivity contribution in [1.29, 1.82) is 0 Å². The summed E-state index contributed by atoms with van der Waals surface area (Å²) in [4.78, 5) is 8.29. The summed E-state index contributed by atoms with van der Waals surface area (Å²) in [5.41, 5.74) is 7.39. The number of nitrogens with two attached hydrogens (primary N) is 1. The summed E-state index contributed by atoms with van der Waals surface area (Å²) in [6, 6.07) is 0. The Morgan fingerprint density at radius 1 is 1.50 bits per heavy atom. The normalized spacial score (nSPS) is 10.7. The van der Waals surface area contributed by atoms with Gasteiger partial charge >= 0.3 is 0 Å². The molecule has 0 saturated heterocycles. The smallest absolute Gasteiger partial charge is 0.125 e. The molecule has 0 saturated carbocycles. The monoisotopic (exact) mass is 165 g/mol. The quantitative estimate of drug-likeness (QED) is 0.723. The molecule has 2 N–H and O–H groups in total. The van der Waals surface area contributed by atoms with Gasteiger partial charge in [-0.15, -0.1) is 0 Å². The van der Waals surface area contributed by atoms with Crippen molar-refractivity contribution in [1.82, 2.24) is 9.97 Å². The molecule has 0 fully saturated rings. The van der Waals surface area contributed by atoms with Crippen LogP contribution in [-0.4, -0.2) is 9.97 Å². The zero-order valence-electron chi connectivity index (χ0n) is 7.83. The highest BCUT2D eigenvalue weighted by atomic mass is 14.9. The van der Waals surface area contributed by atoms with E-state index in [1.54, 1.807) is 6.20 Å². The fraction of sp³-hybridized carbons (Fsp3) is 0.556. The van der Waals surface area contributed by atoms with Gasteiger partial charge in [0.15, 0.2) is 0 Å². The lowest BCUT2D eigenvalue weighted by atomic mass is 10.1. The van der Waals surface area contributed by atoms with E-state index in [-0.39, 0.29) is 0 Å². The summed E-state index contributed by atoms with van der Waals surface area (Å²) in [6.07, 6.45) is 2.61. The molecular formula is C9H15N3. The standard InChI is InChI=1S/C9H15N3/c1-6(2)4-9-8(10)5-11-7(3)12-9/h5-6H,4,10H2,1-3H3. The maximum atomic E-state index is 5.71. The van der Waals surface area contributed by atoms with E-state index in [2.05, 4.69) is 23.8 Å². The van der Waals surface area contributed by atoms with E-state index in [9.17, 15) is 0 Å². The van der Waals surface area contributed by atoms with Gasteiger partial charge in [0, 0.05) is 0 Å². The average molecular weight is 165 g/mol. The lowest BCUT2D eigenvalue weighted by Crippen LogP contribution is -2.04. The van der Waals surface area contributed by atoms with Gasteiger partial charge in [0.05, 0.1) is 17.6 Å². The highest BCUT2D eigenvalue weighted by Crippen LogP contribution is 2.12. The fourth-order valence-corrected chi connectivity index (χ4v) is 1.08. The third-order valence-corrected chi connectivity index (χ3v) is 1.62. The number of hydrogen-bond acceptors (Lipinski definition) is 3. The van der Waals surface area contributed by atoms with Crippen molar-refractivity contribution in [3.63, 3.8) is 0 Å². The topological polar surface area (TPSA) is 51.8 Å². The minimum Gasteiger partial charge on any atom is -0.396 e. The first-order chi connectivity index (χ1) is 5.59. The first-order valence-corrected chi connectivity index (χ1v) is 4.17.